The molecule has 0 saturated carbocycles. The van der Waals surface area contributed by atoms with Gasteiger partial charge in [0.25, 0.3) is 0 Å². The van der Waals surface area contributed by atoms with E-state index in [1.807, 2.05) is 26.0 Å². The van der Waals surface area contributed by atoms with E-state index in [0.29, 0.717) is 6.54 Å². The monoisotopic (exact) mass is 316 g/mol. The van der Waals surface area contributed by atoms with E-state index in [-0.39, 0.29) is 0 Å². The van der Waals surface area contributed by atoms with Crippen LogP contribution in [0.5, 0.6) is 0 Å². The summed E-state index contributed by atoms with van der Waals surface area (Å²) in [6, 6.07) is 12.4. The Kier molecular flexibility index (Phi) is 3.79. The number of aliphatic hydroxyl groups is 1. The van der Waals surface area contributed by atoms with Gasteiger partial charge in [0.05, 0.1) is 23.6 Å². The lowest BCUT2D eigenvalue weighted by Crippen LogP contribution is -2.38. The van der Waals surface area contributed by atoms with Gasteiger partial charge < -0.3 is 15.3 Å². The Hall–Kier alpha value is -1.71. The molecule has 0 fully saturated rings. The lowest BCUT2D eigenvalue weighted by atomic mass is 9.99. The number of aryl methyl sites for hydroxylation is 1. The lowest BCUT2D eigenvalue weighted by molar-refractivity contribution is 0.0880. The number of benzene rings is 2. The van der Waals surface area contributed by atoms with Crippen LogP contribution in [-0.2, 0) is 0 Å². The fourth-order valence-electron chi connectivity index (χ4n) is 2.94. The smallest absolute Gasteiger partial charge is 0.0878 e. The average molecular weight is 317 g/mol. The highest BCUT2D eigenvalue weighted by molar-refractivity contribution is 6.30. The van der Waals surface area contributed by atoms with E-state index in [9.17, 15) is 5.11 Å². The summed E-state index contributed by atoms with van der Waals surface area (Å²) in [6.45, 7) is 7.05. The van der Waals surface area contributed by atoms with E-state index in [2.05, 4.69) is 41.4 Å². The molecule has 0 aromatic heterocycles. The molecule has 3 nitrogen and oxygen atoms in total. The second-order valence-electron chi connectivity index (χ2n) is 6.54. The van der Waals surface area contributed by atoms with Crippen LogP contribution in [0.25, 0.3) is 11.1 Å². The SMILES string of the molecule is Cc1cc(Cl)ccc1-c1ccc2c(c1)N(CC(C)(C)O)CN2. The molecule has 22 heavy (non-hydrogen) atoms. The van der Waals surface area contributed by atoms with Gasteiger partial charge in [-0.2, -0.15) is 0 Å². The van der Waals surface area contributed by atoms with Crippen molar-refractivity contribution >= 4 is 23.0 Å². The summed E-state index contributed by atoms with van der Waals surface area (Å²) < 4.78 is 0. The summed E-state index contributed by atoms with van der Waals surface area (Å²) in [5, 5.41) is 14.2. The first-order valence-corrected chi connectivity index (χ1v) is 7.83. The van der Waals surface area contributed by atoms with E-state index in [4.69, 9.17) is 11.6 Å². The zero-order valence-electron chi connectivity index (χ0n) is 13.2. The Labute approximate surface area is 136 Å². The highest BCUT2D eigenvalue weighted by atomic mass is 35.5. The van der Waals surface area contributed by atoms with Crippen molar-refractivity contribution in [2.24, 2.45) is 0 Å². The number of rotatable bonds is 3. The highest BCUT2D eigenvalue weighted by Crippen LogP contribution is 2.37. The van der Waals surface area contributed by atoms with Gasteiger partial charge in [-0.15, -0.1) is 0 Å². The molecule has 2 aromatic rings. The van der Waals surface area contributed by atoms with E-state index >= 15 is 0 Å². The molecule has 1 heterocycles. The molecule has 0 unspecified atom stereocenters. The number of β-amino-alcohol motifs (C(OH)–C–C–N with tert-alkyl or cyclic N) is 1. The van der Waals surface area contributed by atoms with Gasteiger partial charge in [-0.1, -0.05) is 23.7 Å². The van der Waals surface area contributed by atoms with Gasteiger partial charge in [0, 0.05) is 11.6 Å². The minimum Gasteiger partial charge on any atom is -0.389 e. The van der Waals surface area contributed by atoms with Crippen LogP contribution in [0.2, 0.25) is 5.02 Å². The number of nitrogens with one attached hydrogen (secondary N) is 1. The van der Waals surface area contributed by atoms with Crippen molar-refractivity contribution in [1.29, 1.82) is 0 Å². The summed E-state index contributed by atoms with van der Waals surface area (Å²) in [4.78, 5) is 2.17. The Balaban J connectivity index is 1.98. The van der Waals surface area contributed by atoms with Crippen LogP contribution in [0, 0.1) is 6.92 Å². The molecule has 2 N–H and O–H groups in total. The van der Waals surface area contributed by atoms with Crippen LogP contribution in [-0.4, -0.2) is 23.9 Å². The molecule has 3 rings (SSSR count). The van der Waals surface area contributed by atoms with E-state index < -0.39 is 5.60 Å². The van der Waals surface area contributed by atoms with Gasteiger partial charge in [0.2, 0.25) is 0 Å². The number of hydrogen-bond acceptors (Lipinski definition) is 3. The molecule has 0 amide bonds. The second kappa shape index (κ2) is 5.49. The first kappa shape index (κ1) is 15.2. The molecule has 0 saturated heterocycles. The fraction of sp³-hybridized carbons (Fsp3) is 0.333. The molecule has 2 aromatic carbocycles. The van der Waals surface area contributed by atoms with Crippen molar-refractivity contribution in [1.82, 2.24) is 0 Å². The summed E-state index contributed by atoms with van der Waals surface area (Å²) in [5.41, 5.74) is 5.02. The van der Waals surface area contributed by atoms with Crippen LogP contribution in [0.15, 0.2) is 36.4 Å². The van der Waals surface area contributed by atoms with Crippen molar-refractivity contribution < 1.29 is 5.11 Å². The van der Waals surface area contributed by atoms with E-state index in [0.717, 1.165) is 34.2 Å². The number of fused-ring (bicyclic) bond motifs is 1. The third-order valence-corrected chi connectivity index (χ3v) is 4.11. The fourth-order valence-corrected chi connectivity index (χ4v) is 3.16. The second-order valence-corrected chi connectivity index (χ2v) is 6.97. The predicted octanol–water partition coefficient (Wildman–Crippen LogP) is 4.28. The standard InChI is InChI=1S/C18H21ClN2O/c1-12-8-14(19)5-6-15(12)13-4-7-16-17(9-13)21(11-20-16)10-18(2,3)22/h4-9,20,22H,10-11H2,1-3H3. The van der Waals surface area contributed by atoms with Gasteiger partial charge in [-0.25, -0.2) is 0 Å². The van der Waals surface area contributed by atoms with Crippen LogP contribution in [0.1, 0.15) is 19.4 Å². The topological polar surface area (TPSA) is 35.5 Å². The molecule has 0 spiro atoms. The minimum absolute atomic E-state index is 0.593. The zero-order valence-corrected chi connectivity index (χ0v) is 13.9. The quantitative estimate of drug-likeness (QED) is 0.887. The van der Waals surface area contributed by atoms with E-state index in [1.54, 1.807) is 0 Å². The normalized spacial score (nSPS) is 14.0. The molecule has 0 radical (unpaired) electrons. The summed E-state index contributed by atoms with van der Waals surface area (Å²) in [7, 11) is 0. The van der Waals surface area contributed by atoms with Crippen molar-refractivity contribution in [2.45, 2.75) is 26.4 Å². The maximum atomic E-state index is 10.1. The maximum absolute atomic E-state index is 10.1. The Morgan fingerprint density at radius 1 is 1.23 bits per heavy atom. The first-order valence-electron chi connectivity index (χ1n) is 7.45. The van der Waals surface area contributed by atoms with Gasteiger partial charge in [0.1, 0.15) is 0 Å². The van der Waals surface area contributed by atoms with Crippen molar-refractivity contribution in [2.75, 3.05) is 23.4 Å². The highest BCUT2D eigenvalue weighted by Gasteiger charge is 2.25. The molecule has 0 aliphatic carbocycles. The molecule has 1 aliphatic heterocycles. The summed E-state index contributed by atoms with van der Waals surface area (Å²) in [6.07, 6.45) is 0. The van der Waals surface area contributed by atoms with Gasteiger partial charge in [0.15, 0.2) is 0 Å². The summed E-state index contributed by atoms with van der Waals surface area (Å²) >= 11 is 6.05. The molecule has 1 aliphatic rings. The number of anilines is 2. The average Bonchev–Trinajstić information content (AvgIpc) is 2.79. The van der Waals surface area contributed by atoms with Crippen LogP contribution >= 0.6 is 11.6 Å². The van der Waals surface area contributed by atoms with Crippen molar-refractivity contribution in [3.63, 3.8) is 0 Å². The molecular formula is C18H21ClN2O. The Morgan fingerprint density at radius 3 is 2.68 bits per heavy atom. The molecule has 4 heteroatoms. The molecule has 0 atom stereocenters. The third-order valence-electron chi connectivity index (χ3n) is 3.88. The predicted molar refractivity (Wildman–Crippen MR) is 93.8 cm³/mol. The minimum atomic E-state index is -0.727. The van der Waals surface area contributed by atoms with Gasteiger partial charge in [-0.3, -0.25) is 0 Å². The van der Waals surface area contributed by atoms with Crippen LogP contribution < -0.4 is 10.2 Å². The number of halogens is 1. The number of nitrogens with zero attached hydrogens (tertiary/aromatic N) is 1. The van der Waals surface area contributed by atoms with Crippen molar-refractivity contribution in [3.8, 4) is 11.1 Å². The van der Waals surface area contributed by atoms with Crippen LogP contribution in [0.4, 0.5) is 11.4 Å². The van der Waals surface area contributed by atoms with Crippen LogP contribution in [0.3, 0.4) is 0 Å². The Morgan fingerprint density at radius 2 is 2.00 bits per heavy atom. The summed E-state index contributed by atoms with van der Waals surface area (Å²) in [5.74, 6) is 0. The van der Waals surface area contributed by atoms with Crippen molar-refractivity contribution in [3.05, 3.63) is 47.0 Å². The number of hydrogen-bond donors (Lipinski definition) is 2. The molecule has 0 bridgehead atoms. The zero-order chi connectivity index (χ0) is 15.9. The molecule has 116 valence electrons. The maximum Gasteiger partial charge on any atom is 0.0878 e. The lowest BCUT2D eigenvalue weighted by Gasteiger charge is -2.26. The van der Waals surface area contributed by atoms with Gasteiger partial charge >= 0.3 is 0 Å². The third kappa shape index (κ3) is 3.06. The Bertz CT molecular complexity index is 707. The first-order chi connectivity index (χ1) is 10.3. The van der Waals surface area contributed by atoms with Gasteiger partial charge in [-0.05, 0) is 61.7 Å². The molecular weight excluding hydrogens is 296 g/mol. The van der Waals surface area contributed by atoms with E-state index in [1.165, 1.54) is 5.56 Å². The largest absolute Gasteiger partial charge is 0.389 e.